The fourth-order valence-electron chi connectivity index (χ4n) is 4.43. The highest BCUT2D eigenvalue weighted by molar-refractivity contribution is 6.10. The zero-order valence-electron chi connectivity index (χ0n) is 18.8. The Morgan fingerprint density at radius 2 is 1.59 bits per heavy atom. The third kappa shape index (κ3) is 4.39. The van der Waals surface area contributed by atoms with Crippen molar-refractivity contribution in [3.8, 4) is 0 Å². The molecule has 0 atom stereocenters. The number of nitrogens with zero attached hydrogens (tertiary/aromatic N) is 2. The molecule has 34 heavy (non-hydrogen) atoms. The zero-order chi connectivity index (χ0) is 23.5. The Morgan fingerprint density at radius 3 is 2.44 bits per heavy atom. The highest BCUT2D eigenvalue weighted by Crippen LogP contribution is 2.19. The third-order valence-electron chi connectivity index (χ3n) is 6.25. The Hall–Kier alpha value is -4.06. The lowest BCUT2D eigenvalue weighted by Crippen LogP contribution is -2.26. The average Bonchev–Trinajstić information content (AvgIpc) is 2.85. The summed E-state index contributed by atoms with van der Waals surface area (Å²) in [6, 6.07) is 20.9. The van der Waals surface area contributed by atoms with Crippen molar-refractivity contribution in [2.45, 2.75) is 38.6 Å². The van der Waals surface area contributed by atoms with Crippen LogP contribution in [0.4, 0.5) is 5.69 Å². The number of amides is 1. The van der Waals surface area contributed by atoms with Crippen LogP contribution in [0.1, 0.15) is 57.8 Å². The number of hydrogen-bond acceptors (Lipinski definition) is 4. The number of hydrogen-bond donors (Lipinski definition) is 1. The maximum atomic E-state index is 13.0. The molecule has 1 amide bonds. The minimum Gasteiger partial charge on any atom is -0.322 e. The molecule has 6 nitrogen and oxygen atoms in total. The van der Waals surface area contributed by atoms with E-state index in [9.17, 15) is 14.4 Å². The molecule has 6 heteroatoms. The van der Waals surface area contributed by atoms with E-state index in [0.717, 1.165) is 37.9 Å². The van der Waals surface area contributed by atoms with Gasteiger partial charge >= 0.3 is 0 Å². The Labute approximate surface area is 197 Å². The van der Waals surface area contributed by atoms with Crippen LogP contribution in [-0.4, -0.2) is 21.2 Å². The summed E-state index contributed by atoms with van der Waals surface area (Å²) in [7, 11) is 0. The highest BCUT2D eigenvalue weighted by Gasteiger charge is 2.16. The molecule has 5 rings (SSSR count). The average molecular weight is 452 g/mol. The molecule has 0 aliphatic carbocycles. The molecule has 0 saturated heterocycles. The molecule has 3 aromatic carbocycles. The minimum absolute atomic E-state index is 0.0408. The second-order valence-corrected chi connectivity index (χ2v) is 8.61. The van der Waals surface area contributed by atoms with E-state index in [0.29, 0.717) is 39.8 Å². The van der Waals surface area contributed by atoms with Gasteiger partial charge in [0.25, 0.3) is 11.5 Å². The number of fused-ring (bicyclic) bond motifs is 2. The van der Waals surface area contributed by atoms with Gasteiger partial charge in [0.15, 0.2) is 5.78 Å². The Morgan fingerprint density at radius 1 is 0.794 bits per heavy atom. The van der Waals surface area contributed by atoms with Crippen molar-refractivity contribution in [3.63, 3.8) is 0 Å². The first-order valence-electron chi connectivity index (χ1n) is 11.6. The standard InChI is InChI=1S/C28H25N3O3/c32-26(19-9-4-3-5-10-19)20-11-8-12-22(17-20)29-27(33)21-14-15-23-24(18-21)30-25-13-6-1-2-7-16-31(25)28(23)34/h3-5,8-12,14-15,17-18H,1-2,6-7,13,16H2,(H,29,33). The van der Waals surface area contributed by atoms with Crippen LogP contribution < -0.4 is 10.9 Å². The second kappa shape index (κ2) is 9.43. The van der Waals surface area contributed by atoms with Crippen molar-refractivity contribution in [1.29, 1.82) is 0 Å². The number of anilines is 1. The van der Waals surface area contributed by atoms with Crippen LogP contribution in [0.2, 0.25) is 0 Å². The van der Waals surface area contributed by atoms with E-state index in [1.54, 1.807) is 59.2 Å². The SMILES string of the molecule is O=C(Nc1cccc(C(=O)c2ccccc2)c1)c1ccc2c(=O)n3c(nc2c1)CCCCCC3. The Kier molecular flexibility index (Phi) is 6.04. The summed E-state index contributed by atoms with van der Waals surface area (Å²) in [6.07, 6.45) is 5.02. The van der Waals surface area contributed by atoms with Gasteiger partial charge in [0, 0.05) is 35.3 Å². The lowest BCUT2D eigenvalue weighted by atomic mass is 10.0. The van der Waals surface area contributed by atoms with Gasteiger partial charge in [-0.15, -0.1) is 0 Å². The van der Waals surface area contributed by atoms with Crippen LogP contribution in [0.15, 0.2) is 77.6 Å². The largest absolute Gasteiger partial charge is 0.322 e. The fraction of sp³-hybridized carbons (Fsp3) is 0.214. The number of aryl methyl sites for hydroxylation is 1. The molecule has 2 heterocycles. The Bertz CT molecular complexity index is 1440. The first-order valence-corrected chi connectivity index (χ1v) is 11.6. The number of carbonyl (C=O) groups is 2. The molecular formula is C28H25N3O3. The number of carbonyl (C=O) groups excluding carboxylic acids is 2. The van der Waals surface area contributed by atoms with Crippen LogP contribution in [-0.2, 0) is 13.0 Å². The molecule has 1 aromatic heterocycles. The molecule has 0 radical (unpaired) electrons. The maximum absolute atomic E-state index is 13.0. The summed E-state index contributed by atoms with van der Waals surface area (Å²) in [5.41, 5.74) is 2.52. The molecule has 1 aliphatic rings. The van der Waals surface area contributed by atoms with Gasteiger partial charge in [-0.05, 0) is 43.2 Å². The molecule has 0 bridgehead atoms. The summed E-state index contributed by atoms with van der Waals surface area (Å²) in [5, 5.41) is 3.39. The van der Waals surface area contributed by atoms with E-state index >= 15 is 0 Å². The van der Waals surface area contributed by atoms with Gasteiger partial charge in [0.2, 0.25) is 0 Å². The third-order valence-corrected chi connectivity index (χ3v) is 6.25. The predicted octanol–water partition coefficient (Wildman–Crippen LogP) is 5.00. The molecule has 1 N–H and O–H groups in total. The van der Waals surface area contributed by atoms with Crippen LogP contribution in [0.5, 0.6) is 0 Å². The molecular weight excluding hydrogens is 426 g/mol. The number of ketones is 1. The lowest BCUT2D eigenvalue weighted by Gasteiger charge is -2.16. The summed E-state index contributed by atoms with van der Waals surface area (Å²) in [6.45, 7) is 0.692. The van der Waals surface area contributed by atoms with Crippen molar-refractivity contribution >= 4 is 28.3 Å². The van der Waals surface area contributed by atoms with E-state index in [4.69, 9.17) is 4.98 Å². The number of rotatable bonds is 4. The molecule has 0 unspecified atom stereocenters. The molecule has 0 fully saturated rings. The first kappa shape index (κ1) is 21.8. The van der Waals surface area contributed by atoms with Crippen molar-refractivity contribution in [2.24, 2.45) is 0 Å². The van der Waals surface area contributed by atoms with Crippen molar-refractivity contribution in [1.82, 2.24) is 9.55 Å². The van der Waals surface area contributed by atoms with Gasteiger partial charge in [0.05, 0.1) is 10.9 Å². The van der Waals surface area contributed by atoms with Crippen molar-refractivity contribution < 1.29 is 9.59 Å². The number of nitrogens with one attached hydrogen (secondary N) is 1. The molecule has 0 saturated carbocycles. The van der Waals surface area contributed by atoms with E-state index < -0.39 is 0 Å². The smallest absolute Gasteiger partial charge is 0.261 e. The normalized spacial score (nSPS) is 13.5. The first-order chi connectivity index (χ1) is 16.6. The monoisotopic (exact) mass is 451 g/mol. The number of aromatic nitrogens is 2. The quantitative estimate of drug-likeness (QED) is 0.443. The van der Waals surface area contributed by atoms with Crippen LogP contribution in [0, 0.1) is 0 Å². The van der Waals surface area contributed by atoms with E-state index in [1.165, 1.54) is 0 Å². The molecule has 170 valence electrons. The fourth-order valence-corrected chi connectivity index (χ4v) is 4.43. The molecule has 1 aliphatic heterocycles. The molecule has 0 spiro atoms. The summed E-state index contributed by atoms with van der Waals surface area (Å²) < 4.78 is 1.79. The Balaban J connectivity index is 1.41. The van der Waals surface area contributed by atoms with Crippen LogP contribution in [0.25, 0.3) is 10.9 Å². The number of benzene rings is 3. The zero-order valence-corrected chi connectivity index (χ0v) is 18.8. The van der Waals surface area contributed by atoms with Crippen LogP contribution in [0.3, 0.4) is 0 Å². The summed E-state index contributed by atoms with van der Waals surface area (Å²) in [4.78, 5) is 43.5. The molecule has 4 aromatic rings. The summed E-state index contributed by atoms with van der Waals surface area (Å²) >= 11 is 0. The van der Waals surface area contributed by atoms with Gasteiger partial charge in [-0.2, -0.15) is 0 Å². The highest BCUT2D eigenvalue weighted by atomic mass is 16.2. The van der Waals surface area contributed by atoms with Crippen LogP contribution >= 0.6 is 0 Å². The van der Waals surface area contributed by atoms with Gasteiger partial charge in [-0.25, -0.2) is 4.98 Å². The van der Waals surface area contributed by atoms with Crippen molar-refractivity contribution in [2.75, 3.05) is 5.32 Å². The van der Waals surface area contributed by atoms with Gasteiger partial charge in [-0.1, -0.05) is 55.3 Å². The minimum atomic E-state index is -0.320. The summed E-state index contributed by atoms with van der Waals surface area (Å²) in [5.74, 6) is 0.366. The van der Waals surface area contributed by atoms with Gasteiger partial charge in [0.1, 0.15) is 5.82 Å². The predicted molar refractivity (Wildman–Crippen MR) is 132 cm³/mol. The maximum Gasteiger partial charge on any atom is 0.261 e. The topological polar surface area (TPSA) is 81.1 Å². The van der Waals surface area contributed by atoms with Gasteiger partial charge < -0.3 is 5.32 Å². The lowest BCUT2D eigenvalue weighted by molar-refractivity contribution is 0.102. The van der Waals surface area contributed by atoms with Gasteiger partial charge in [-0.3, -0.25) is 19.0 Å². The van der Waals surface area contributed by atoms with Crippen molar-refractivity contribution in [3.05, 3.63) is 106 Å². The van der Waals surface area contributed by atoms with E-state index in [-0.39, 0.29) is 17.2 Å². The van der Waals surface area contributed by atoms with E-state index in [1.807, 2.05) is 18.2 Å². The van der Waals surface area contributed by atoms with E-state index in [2.05, 4.69) is 5.32 Å². The second-order valence-electron chi connectivity index (χ2n) is 8.61.